The summed E-state index contributed by atoms with van der Waals surface area (Å²) in [6, 6.07) is 0. The predicted octanol–water partition coefficient (Wildman–Crippen LogP) is 0.365. The van der Waals surface area contributed by atoms with Gasteiger partial charge in [0.1, 0.15) is 5.82 Å². The van der Waals surface area contributed by atoms with E-state index in [9.17, 15) is 0 Å². The van der Waals surface area contributed by atoms with E-state index in [1.807, 2.05) is 35.8 Å². The number of rotatable bonds is 0. The molecule has 0 bridgehead atoms. The Morgan fingerprint density at radius 2 is 2.43 bits per heavy atom. The Morgan fingerprint density at radius 1 is 1.64 bits per heavy atom. The number of nitrogens with zero attached hydrogens (tertiary/aromatic N) is 5. The zero-order valence-electron chi connectivity index (χ0n) is 8.23. The highest BCUT2D eigenvalue weighted by Crippen LogP contribution is 2.11. The molecule has 0 unspecified atom stereocenters. The number of hydrogen-bond donors (Lipinski definition) is 0. The summed E-state index contributed by atoms with van der Waals surface area (Å²) in [4.78, 5) is 10.1. The molecule has 72 valence electrons. The molecule has 5 heteroatoms. The molecule has 1 aromatic heterocycles. The molecule has 1 aliphatic rings. The Balaban J connectivity index is 2.52. The van der Waals surface area contributed by atoms with E-state index >= 15 is 0 Å². The molecule has 0 aromatic carbocycles. The van der Waals surface area contributed by atoms with Gasteiger partial charge >= 0.3 is 0 Å². The van der Waals surface area contributed by atoms with Crippen LogP contribution in [0.25, 0.3) is 0 Å². The van der Waals surface area contributed by atoms with Gasteiger partial charge in [0, 0.05) is 26.2 Å². The summed E-state index contributed by atoms with van der Waals surface area (Å²) in [5.74, 6) is 1.64. The first-order chi connectivity index (χ1) is 6.72. The van der Waals surface area contributed by atoms with Crippen LogP contribution in [0.5, 0.6) is 0 Å². The summed E-state index contributed by atoms with van der Waals surface area (Å²) in [5.41, 5.74) is 0.959. The van der Waals surface area contributed by atoms with Crippen molar-refractivity contribution in [1.29, 1.82) is 5.26 Å². The van der Waals surface area contributed by atoms with E-state index in [4.69, 9.17) is 5.26 Å². The highest BCUT2D eigenvalue weighted by atomic mass is 15.3. The van der Waals surface area contributed by atoms with Crippen molar-refractivity contribution in [2.24, 2.45) is 4.99 Å². The van der Waals surface area contributed by atoms with Crippen LogP contribution in [0.1, 0.15) is 11.5 Å². The molecule has 0 atom stereocenters. The molecule has 0 spiro atoms. The van der Waals surface area contributed by atoms with Crippen LogP contribution in [0.15, 0.2) is 11.2 Å². The molecule has 1 aliphatic heterocycles. The normalized spacial score (nSPS) is 18.1. The number of fused-ring (bicyclic) bond motifs is 1. The maximum absolute atomic E-state index is 8.57. The summed E-state index contributed by atoms with van der Waals surface area (Å²) >= 11 is 0. The van der Waals surface area contributed by atoms with Crippen molar-refractivity contribution in [3.8, 4) is 6.19 Å². The van der Waals surface area contributed by atoms with Gasteiger partial charge in [-0.3, -0.25) is 4.57 Å². The second kappa shape index (κ2) is 3.14. The zero-order chi connectivity index (χ0) is 10.1. The molecule has 1 aromatic rings. The van der Waals surface area contributed by atoms with Crippen molar-refractivity contribution in [2.45, 2.75) is 13.3 Å². The SMILES string of the molecule is Cc1cn2c(n1)CCN(C)C2=NC#N. The maximum Gasteiger partial charge on any atom is 0.221 e. The second-order valence-electron chi connectivity index (χ2n) is 3.35. The smallest absolute Gasteiger partial charge is 0.221 e. The van der Waals surface area contributed by atoms with E-state index in [0.29, 0.717) is 5.96 Å². The van der Waals surface area contributed by atoms with Crippen LogP contribution >= 0.6 is 0 Å². The Morgan fingerprint density at radius 3 is 3.14 bits per heavy atom. The largest absolute Gasteiger partial charge is 0.344 e. The predicted molar refractivity (Wildman–Crippen MR) is 51.7 cm³/mol. The lowest BCUT2D eigenvalue weighted by Crippen LogP contribution is -2.39. The first kappa shape index (κ1) is 8.75. The van der Waals surface area contributed by atoms with Crippen molar-refractivity contribution in [3.05, 3.63) is 17.7 Å². The minimum atomic E-state index is 0.661. The maximum atomic E-state index is 8.57. The molecule has 2 rings (SSSR count). The Bertz CT molecular complexity index is 423. The van der Waals surface area contributed by atoms with Gasteiger partial charge in [-0.2, -0.15) is 5.26 Å². The van der Waals surface area contributed by atoms with Crippen LogP contribution in [0.4, 0.5) is 0 Å². The lowest BCUT2D eigenvalue weighted by molar-refractivity contribution is 0.456. The standard InChI is InChI=1S/C9H11N5/c1-7-5-14-8(12-7)3-4-13(2)9(14)11-6-10/h5H,3-4H2,1-2H3. The molecule has 0 N–H and O–H groups in total. The zero-order valence-corrected chi connectivity index (χ0v) is 8.23. The minimum absolute atomic E-state index is 0.661. The average Bonchev–Trinajstić information content (AvgIpc) is 2.51. The van der Waals surface area contributed by atoms with E-state index in [-0.39, 0.29) is 0 Å². The molecule has 0 aliphatic carbocycles. The highest BCUT2D eigenvalue weighted by molar-refractivity contribution is 5.84. The van der Waals surface area contributed by atoms with Crippen LogP contribution in [0.3, 0.4) is 0 Å². The lowest BCUT2D eigenvalue weighted by atomic mass is 10.3. The van der Waals surface area contributed by atoms with Crippen molar-refractivity contribution in [2.75, 3.05) is 13.6 Å². The Hall–Kier alpha value is -1.83. The summed E-state index contributed by atoms with van der Waals surface area (Å²) in [7, 11) is 1.93. The monoisotopic (exact) mass is 189 g/mol. The Kier molecular flexibility index (Phi) is 1.97. The minimum Gasteiger partial charge on any atom is -0.344 e. The van der Waals surface area contributed by atoms with Crippen LogP contribution in [-0.4, -0.2) is 34.0 Å². The summed E-state index contributed by atoms with van der Waals surface area (Å²) in [6.45, 7) is 2.80. The van der Waals surface area contributed by atoms with E-state index in [1.165, 1.54) is 0 Å². The quantitative estimate of drug-likeness (QED) is 0.554. The second-order valence-corrected chi connectivity index (χ2v) is 3.35. The topological polar surface area (TPSA) is 57.2 Å². The van der Waals surface area contributed by atoms with Gasteiger partial charge in [0.2, 0.25) is 12.2 Å². The number of aromatic nitrogens is 2. The van der Waals surface area contributed by atoms with Crippen LogP contribution in [-0.2, 0) is 6.42 Å². The number of aliphatic imine (C=N–C) groups is 1. The van der Waals surface area contributed by atoms with Gasteiger partial charge in [-0.05, 0) is 6.92 Å². The van der Waals surface area contributed by atoms with E-state index in [2.05, 4.69) is 9.98 Å². The molecule has 0 fully saturated rings. The molecule has 5 nitrogen and oxygen atoms in total. The molecule has 0 saturated carbocycles. The van der Waals surface area contributed by atoms with Gasteiger partial charge in [-0.25, -0.2) is 4.98 Å². The third-order valence-electron chi connectivity index (χ3n) is 2.28. The highest BCUT2D eigenvalue weighted by Gasteiger charge is 2.20. The lowest BCUT2D eigenvalue weighted by Gasteiger charge is -2.26. The van der Waals surface area contributed by atoms with Crippen LogP contribution in [0.2, 0.25) is 0 Å². The number of aryl methyl sites for hydroxylation is 1. The first-order valence-corrected chi connectivity index (χ1v) is 4.45. The molecule has 2 heterocycles. The third kappa shape index (κ3) is 1.25. The number of imidazole rings is 1. The van der Waals surface area contributed by atoms with E-state index in [1.54, 1.807) is 0 Å². The third-order valence-corrected chi connectivity index (χ3v) is 2.28. The van der Waals surface area contributed by atoms with Gasteiger partial charge in [-0.15, -0.1) is 4.99 Å². The fraction of sp³-hybridized carbons (Fsp3) is 0.444. The molecule has 0 radical (unpaired) electrons. The van der Waals surface area contributed by atoms with Crippen LogP contribution < -0.4 is 0 Å². The molecular weight excluding hydrogens is 178 g/mol. The van der Waals surface area contributed by atoms with Crippen LogP contribution in [0, 0.1) is 18.4 Å². The number of hydrogen-bond acceptors (Lipinski definition) is 3. The van der Waals surface area contributed by atoms with Gasteiger partial charge < -0.3 is 4.90 Å². The summed E-state index contributed by atoms with van der Waals surface area (Å²) in [5, 5.41) is 8.57. The van der Waals surface area contributed by atoms with Crippen molar-refractivity contribution in [1.82, 2.24) is 14.5 Å². The first-order valence-electron chi connectivity index (χ1n) is 4.45. The molecule has 0 saturated heterocycles. The van der Waals surface area contributed by atoms with Gasteiger partial charge in [0.15, 0.2) is 0 Å². The van der Waals surface area contributed by atoms with Gasteiger partial charge in [0.05, 0.1) is 5.69 Å². The van der Waals surface area contributed by atoms with Crippen molar-refractivity contribution < 1.29 is 0 Å². The fourth-order valence-electron chi connectivity index (χ4n) is 1.63. The molecular formula is C9H11N5. The van der Waals surface area contributed by atoms with E-state index < -0.39 is 0 Å². The average molecular weight is 189 g/mol. The van der Waals surface area contributed by atoms with Gasteiger partial charge in [0.25, 0.3) is 0 Å². The number of nitriles is 1. The fourth-order valence-corrected chi connectivity index (χ4v) is 1.63. The van der Waals surface area contributed by atoms with E-state index in [0.717, 1.165) is 24.5 Å². The molecule has 0 amide bonds. The van der Waals surface area contributed by atoms with Gasteiger partial charge in [-0.1, -0.05) is 0 Å². The van der Waals surface area contributed by atoms with Crippen molar-refractivity contribution >= 4 is 5.96 Å². The molecule has 14 heavy (non-hydrogen) atoms. The summed E-state index contributed by atoms with van der Waals surface area (Å²) in [6.07, 6.45) is 4.62. The summed E-state index contributed by atoms with van der Waals surface area (Å²) < 4.78 is 1.88. The van der Waals surface area contributed by atoms with Crippen molar-refractivity contribution in [3.63, 3.8) is 0 Å². The Labute approximate surface area is 82.3 Å². The number of likely N-dealkylation sites (N-methyl/N-ethyl adjacent to an activating group) is 1.